The Labute approximate surface area is 105 Å². The second-order valence-corrected chi connectivity index (χ2v) is 4.78. The lowest BCUT2D eigenvalue weighted by Crippen LogP contribution is -2.32. The lowest BCUT2D eigenvalue weighted by Gasteiger charge is -2.22. The maximum Gasteiger partial charge on any atom is 0.223 e. The molecule has 4 N–H and O–H groups in total. The SMILES string of the molecule is Nc1nc(Cl)cc(NC2CCCCCC2O)n1. The van der Waals surface area contributed by atoms with Gasteiger partial charge in [-0.05, 0) is 12.8 Å². The van der Waals surface area contributed by atoms with Crippen LogP contribution in [0.3, 0.4) is 0 Å². The van der Waals surface area contributed by atoms with Gasteiger partial charge in [-0.25, -0.2) is 4.98 Å². The van der Waals surface area contributed by atoms with Crippen LogP contribution in [0.2, 0.25) is 5.15 Å². The largest absolute Gasteiger partial charge is 0.391 e. The Hall–Kier alpha value is -1.07. The standard InChI is InChI=1S/C11H17ClN4O/c12-9-6-10(16-11(13)15-9)14-7-4-2-1-3-5-8(7)17/h6-8,17H,1-5H2,(H3,13,14,15,16). The number of aliphatic hydroxyl groups is 1. The highest BCUT2D eigenvalue weighted by Gasteiger charge is 2.21. The lowest BCUT2D eigenvalue weighted by molar-refractivity contribution is 0.144. The number of aliphatic hydroxyl groups excluding tert-OH is 1. The van der Waals surface area contributed by atoms with Gasteiger partial charge in [-0.15, -0.1) is 0 Å². The molecule has 1 saturated carbocycles. The van der Waals surface area contributed by atoms with Crippen molar-refractivity contribution in [2.45, 2.75) is 44.2 Å². The van der Waals surface area contributed by atoms with Crippen molar-refractivity contribution in [3.8, 4) is 0 Å². The van der Waals surface area contributed by atoms with E-state index in [1.165, 1.54) is 6.42 Å². The summed E-state index contributed by atoms with van der Waals surface area (Å²) in [5.41, 5.74) is 5.52. The minimum Gasteiger partial charge on any atom is -0.391 e. The summed E-state index contributed by atoms with van der Waals surface area (Å²) >= 11 is 5.80. The highest BCUT2D eigenvalue weighted by molar-refractivity contribution is 6.29. The second kappa shape index (κ2) is 5.51. The molecule has 0 aromatic carbocycles. The Morgan fingerprint density at radius 2 is 2.06 bits per heavy atom. The summed E-state index contributed by atoms with van der Waals surface area (Å²) in [5.74, 6) is 0.719. The van der Waals surface area contributed by atoms with Crippen LogP contribution in [0, 0.1) is 0 Å². The summed E-state index contributed by atoms with van der Waals surface area (Å²) in [5, 5.41) is 13.5. The molecule has 1 heterocycles. The number of nitrogens with zero attached hydrogens (tertiary/aromatic N) is 2. The van der Waals surface area contributed by atoms with Crippen LogP contribution in [0.1, 0.15) is 32.1 Å². The molecule has 1 aliphatic carbocycles. The number of nitrogens with two attached hydrogens (primary N) is 1. The molecular formula is C11H17ClN4O. The molecule has 2 unspecified atom stereocenters. The van der Waals surface area contributed by atoms with Gasteiger partial charge in [0.1, 0.15) is 11.0 Å². The summed E-state index contributed by atoms with van der Waals surface area (Å²) in [6.45, 7) is 0. The summed E-state index contributed by atoms with van der Waals surface area (Å²) < 4.78 is 0. The zero-order chi connectivity index (χ0) is 12.3. The number of halogens is 1. The summed E-state index contributed by atoms with van der Waals surface area (Å²) in [6, 6.07) is 1.64. The van der Waals surface area contributed by atoms with E-state index in [0.717, 1.165) is 25.7 Å². The van der Waals surface area contributed by atoms with E-state index in [-0.39, 0.29) is 18.1 Å². The molecule has 2 rings (SSSR count). The lowest BCUT2D eigenvalue weighted by atomic mass is 10.1. The first-order valence-corrected chi connectivity index (χ1v) is 6.27. The molecule has 2 atom stereocenters. The van der Waals surface area contributed by atoms with E-state index in [9.17, 15) is 5.11 Å². The van der Waals surface area contributed by atoms with E-state index in [1.54, 1.807) is 6.07 Å². The number of nitrogen functional groups attached to an aromatic ring is 1. The number of hydrogen-bond acceptors (Lipinski definition) is 5. The molecule has 1 aliphatic rings. The third-order valence-corrected chi connectivity index (χ3v) is 3.22. The average molecular weight is 257 g/mol. The van der Waals surface area contributed by atoms with Crippen molar-refractivity contribution < 1.29 is 5.11 Å². The van der Waals surface area contributed by atoms with Gasteiger partial charge in [-0.3, -0.25) is 0 Å². The van der Waals surface area contributed by atoms with Gasteiger partial charge < -0.3 is 16.2 Å². The Morgan fingerprint density at radius 3 is 2.82 bits per heavy atom. The van der Waals surface area contributed by atoms with Crippen LogP contribution in [0.5, 0.6) is 0 Å². The zero-order valence-electron chi connectivity index (χ0n) is 9.56. The first-order valence-electron chi connectivity index (χ1n) is 5.90. The van der Waals surface area contributed by atoms with Gasteiger partial charge in [0.25, 0.3) is 0 Å². The molecule has 0 amide bonds. The minimum absolute atomic E-state index is 0.0165. The Morgan fingerprint density at radius 1 is 1.29 bits per heavy atom. The Kier molecular flexibility index (Phi) is 4.02. The molecule has 6 heteroatoms. The average Bonchev–Trinajstić information content (AvgIpc) is 2.43. The molecule has 0 radical (unpaired) electrons. The number of rotatable bonds is 2. The van der Waals surface area contributed by atoms with Crippen LogP contribution in [0.25, 0.3) is 0 Å². The first-order chi connectivity index (χ1) is 8.15. The molecule has 0 spiro atoms. The van der Waals surface area contributed by atoms with E-state index >= 15 is 0 Å². The van der Waals surface area contributed by atoms with Crippen molar-refractivity contribution in [3.63, 3.8) is 0 Å². The Balaban J connectivity index is 2.07. The van der Waals surface area contributed by atoms with Gasteiger partial charge in [0.05, 0.1) is 12.1 Å². The molecule has 5 nitrogen and oxygen atoms in total. The minimum atomic E-state index is -0.340. The molecule has 0 bridgehead atoms. The third kappa shape index (κ3) is 3.44. The van der Waals surface area contributed by atoms with E-state index < -0.39 is 0 Å². The fourth-order valence-corrected chi connectivity index (χ4v) is 2.35. The van der Waals surface area contributed by atoms with Gasteiger partial charge in [0.2, 0.25) is 5.95 Å². The molecule has 94 valence electrons. The summed E-state index contributed by atoms with van der Waals surface area (Å²) in [6.07, 6.45) is 4.78. The molecule has 1 aromatic heterocycles. The zero-order valence-corrected chi connectivity index (χ0v) is 10.3. The first kappa shape index (κ1) is 12.4. The topological polar surface area (TPSA) is 84.1 Å². The predicted molar refractivity (Wildman–Crippen MR) is 68.0 cm³/mol. The van der Waals surface area contributed by atoms with Crippen LogP contribution in [0.4, 0.5) is 11.8 Å². The van der Waals surface area contributed by atoms with E-state index in [1.807, 2.05) is 0 Å². The van der Waals surface area contributed by atoms with Crippen LogP contribution in [-0.2, 0) is 0 Å². The van der Waals surface area contributed by atoms with E-state index in [2.05, 4.69) is 15.3 Å². The van der Waals surface area contributed by atoms with E-state index in [0.29, 0.717) is 11.0 Å². The van der Waals surface area contributed by atoms with Crippen LogP contribution in [-0.4, -0.2) is 27.2 Å². The Bertz CT molecular complexity index is 367. The van der Waals surface area contributed by atoms with Crippen molar-refractivity contribution in [2.75, 3.05) is 11.1 Å². The molecule has 0 saturated heterocycles. The van der Waals surface area contributed by atoms with Crippen molar-refractivity contribution in [1.82, 2.24) is 9.97 Å². The highest BCUT2D eigenvalue weighted by atomic mass is 35.5. The summed E-state index contributed by atoms with van der Waals surface area (Å²) in [4.78, 5) is 7.85. The van der Waals surface area contributed by atoms with Crippen LogP contribution < -0.4 is 11.1 Å². The second-order valence-electron chi connectivity index (χ2n) is 4.39. The molecule has 0 aliphatic heterocycles. The molecule has 17 heavy (non-hydrogen) atoms. The monoisotopic (exact) mass is 256 g/mol. The van der Waals surface area contributed by atoms with Gasteiger partial charge >= 0.3 is 0 Å². The van der Waals surface area contributed by atoms with Gasteiger partial charge in [0.15, 0.2) is 0 Å². The number of nitrogens with one attached hydrogen (secondary N) is 1. The molecule has 1 fully saturated rings. The fraction of sp³-hybridized carbons (Fsp3) is 0.636. The maximum absolute atomic E-state index is 9.98. The van der Waals surface area contributed by atoms with Gasteiger partial charge in [-0.1, -0.05) is 30.9 Å². The fourth-order valence-electron chi connectivity index (χ4n) is 2.16. The molecule has 1 aromatic rings. The van der Waals surface area contributed by atoms with Crippen molar-refractivity contribution in [2.24, 2.45) is 0 Å². The third-order valence-electron chi connectivity index (χ3n) is 3.02. The molecular weight excluding hydrogens is 240 g/mol. The van der Waals surface area contributed by atoms with Crippen molar-refractivity contribution >= 4 is 23.4 Å². The van der Waals surface area contributed by atoms with Gasteiger partial charge in [0, 0.05) is 6.07 Å². The number of hydrogen-bond donors (Lipinski definition) is 3. The van der Waals surface area contributed by atoms with E-state index in [4.69, 9.17) is 17.3 Å². The number of anilines is 2. The summed E-state index contributed by atoms with van der Waals surface area (Å²) in [7, 11) is 0. The quantitative estimate of drug-likeness (QED) is 0.555. The van der Waals surface area contributed by atoms with Crippen molar-refractivity contribution in [1.29, 1.82) is 0 Å². The smallest absolute Gasteiger partial charge is 0.223 e. The predicted octanol–water partition coefficient (Wildman–Crippen LogP) is 1.82. The van der Waals surface area contributed by atoms with Crippen LogP contribution >= 0.6 is 11.6 Å². The highest BCUT2D eigenvalue weighted by Crippen LogP contribution is 2.22. The number of aromatic nitrogens is 2. The maximum atomic E-state index is 9.98. The van der Waals surface area contributed by atoms with Gasteiger partial charge in [-0.2, -0.15) is 4.98 Å². The van der Waals surface area contributed by atoms with Crippen molar-refractivity contribution in [3.05, 3.63) is 11.2 Å². The van der Waals surface area contributed by atoms with Crippen LogP contribution in [0.15, 0.2) is 6.07 Å². The normalized spacial score (nSPS) is 25.3.